The van der Waals surface area contributed by atoms with Crippen LogP contribution in [0.15, 0.2) is 12.2 Å². The quantitative estimate of drug-likeness (QED) is 0.374. The summed E-state index contributed by atoms with van der Waals surface area (Å²) in [5, 5.41) is 20.0. The fourth-order valence-electron chi connectivity index (χ4n) is 3.10. The van der Waals surface area contributed by atoms with Crippen LogP contribution in [0.1, 0.15) is 72.6 Å². The summed E-state index contributed by atoms with van der Waals surface area (Å²) in [6.45, 7) is 10.4. The minimum atomic E-state index is -0.754. The van der Waals surface area contributed by atoms with Crippen molar-refractivity contribution in [2.45, 2.75) is 84.8 Å². The highest BCUT2D eigenvalue weighted by Gasteiger charge is 2.39. The summed E-state index contributed by atoms with van der Waals surface area (Å²) in [7, 11) is 0. The molecule has 4 heteroatoms. The van der Waals surface area contributed by atoms with E-state index in [0.29, 0.717) is 17.4 Å². The molecule has 0 aliphatic carbocycles. The predicted octanol–water partition coefficient (Wildman–Crippen LogP) is 3.98. The Morgan fingerprint density at radius 2 is 1.65 bits per heavy atom. The minimum absolute atomic E-state index is 0.438. The molecule has 0 spiro atoms. The van der Waals surface area contributed by atoms with E-state index in [1.807, 2.05) is 0 Å². The molecule has 0 aliphatic rings. The average Bonchev–Trinajstić information content (AvgIpc) is 2.53. The largest absolute Gasteiger partial charge is 0.477 e. The number of unbranched alkanes of at least 4 members (excludes halogenated alkanes) is 2. The van der Waals surface area contributed by atoms with Gasteiger partial charge in [-0.2, -0.15) is 0 Å². The lowest BCUT2D eigenvalue weighted by Gasteiger charge is -2.43. The van der Waals surface area contributed by atoms with Crippen LogP contribution in [0.4, 0.5) is 0 Å². The van der Waals surface area contributed by atoms with Gasteiger partial charge in [0.15, 0.2) is 6.04 Å². The molecule has 0 amide bonds. The lowest BCUT2D eigenvalue weighted by molar-refractivity contribution is -0.944. The van der Waals surface area contributed by atoms with Crippen LogP contribution in [0.3, 0.4) is 0 Å². The molecule has 0 saturated heterocycles. The molecule has 0 aromatic rings. The Labute approximate surface area is 142 Å². The van der Waals surface area contributed by atoms with Crippen molar-refractivity contribution in [2.75, 3.05) is 19.6 Å². The molecule has 4 nitrogen and oxygen atoms in total. The maximum Gasteiger partial charge on any atom is 0.362 e. The number of allylic oxidation sites excluding steroid dienone is 2. The van der Waals surface area contributed by atoms with Crippen molar-refractivity contribution < 1.29 is 19.5 Å². The van der Waals surface area contributed by atoms with E-state index in [0.717, 1.165) is 51.6 Å². The first-order chi connectivity index (χ1) is 10.9. The molecular weight excluding hydrogens is 290 g/mol. The van der Waals surface area contributed by atoms with E-state index in [4.69, 9.17) is 0 Å². The summed E-state index contributed by atoms with van der Waals surface area (Å²) >= 11 is 0. The normalized spacial score (nSPS) is 15.0. The van der Waals surface area contributed by atoms with E-state index in [1.54, 1.807) is 6.92 Å². The van der Waals surface area contributed by atoms with Crippen molar-refractivity contribution in [1.29, 1.82) is 0 Å². The number of carbonyl (C=O) groups is 1. The van der Waals surface area contributed by atoms with E-state index >= 15 is 0 Å². The smallest absolute Gasteiger partial charge is 0.362 e. The Bertz CT molecular complexity index is 334. The van der Waals surface area contributed by atoms with Gasteiger partial charge in [0.2, 0.25) is 0 Å². The highest BCUT2D eigenvalue weighted by molar-refractivity contribution is 5.71. The molecule has 0 saturated carbocycles. The molecule has 0 rings (SSSR count). The number of nitrogens with zero attached hydrogens (tertiary/aromatic N) is 1. The van der Waals surface area contributed by atoms with Gasteiger partial charge in [0.05, 0.1) is 13.1 Å². The van der Waals surface area contributed by atoms with Crippen molar-refractivity contribution in [3.63, 3.8) is 0 Å². The van der Waals surface area contributed by atoms with Crippen LogP contribution in [0, 0.1) is 0 Å². The van der Waals surface area contributed by atoms with Crippen molar-refractivity contribution in [2.24, 2.45) is 0 Å². The third-order valence-electron chi connectivity index (χ3n) is 4.74. The summed E-state index contributed by atoms with van der Waals surface area (Å²) in [6, 6.07) is -0.464. The van der Waals surface area contributed by atoms with E-state index in [2.05, 4.69) is 32.9 Å². The Morgan fingerprint density at radius 1 is 1.09 bits per heavy atom. The fourth-order valence-corrected chi connectivity index (χ4v) is 3.10. The Hall–Kier alpha value is -0.870. The number of carboxylic acids is 1. The average molecular weight is 329 g/mol. The zero-order valence-electron chi connectivity index (χ0n) is 15.6. The van der Waals surface area contributed by atoms with Crippen molar-refractivity contribution in [3.05, 3.63) is 12.2 Å². The number of aliphatic hydroxyl groups excluding tert-OH is 1. The van der Waals surface area contributed by atoms with Crippen LogP contribution >= 0.6 is 0 Å². The van der Waals surface area contributed by atoms with Gasteiger partial charge in [0.1, 0.15) is 12.6 Å². The third-order valence-corrected chi connectivity index (χ3v) is 4.74. The van der Waals surface area contributed by atoms with E-state index in [1.165, 1.54) is 0 Å². The number of carboxylic acid groups (broad SMARTS) is 1. The maximum absolute atomic E-state index is 11.6. The molecule has 0 aromatic heterocycles. The number of aliphatic carboxylic acids is 1. The SMILES string of the molecule is CC/C=C/CCC(O)C[N+](CCCC)(CCCC)C(C)C(=O)O. The first-order valence-electron chi connectivity index (χ1n) is 9.35. The molecule has 2 atom stereocenters. The Kier molecular flexibility index (Phi) is 12.1. The Balaban J connectivity index is 5.02. The van der Waals surface area contributed by atoms with E-state index in [-0.39, 0.29) is 0 Å². The van der Waals surface area contributed by atoms with Crippen molar-refractivity contribution >= 4 is 5.97 Å². The monoisotopic (exact) mass is 328 g/mol. The van der Waals surface area contributed by atoms with E-state index < -0.39 is 18.1 Å². The molecule has 23 heavy (non-hydrogen) atoms. The van der Waals surface area contributed by atoms with Crippen molar-refractivity contribution in [3.8, 4) is 0 Å². The molecule has 0 heterocycles. The first kappa shape index (κ1) is 22.1. The van der Waals surface area contributed by atoms with E-state index in [9.17, 15) is 15.0 Å². The van der Waals surface area contributed by atoms with Crippen LogP contribution in [0.5, 0.6) is 0 Å². The van der Waals surface area contributed by atoms with Gasteiger partial charge in [-0.3, -0.25) is 0 Å². The second kappa shape index (κ2) is 12.5. The zero-order chi connectivity index (χ0) is 17.7. The van der Waals surface area contributed by atoms with Gasteiger partial charge in [0.25, 0.3) is 0 Å². The van der Waals surface area contributed by atoms with Crippen molar-refractivity contribution in [1.82, 2.24) is 0 Å². The standard InChI is InChI=1S/C19H37NO3/c1-5-8-11-12-13-18(21)16-20(14-9-6-2,15-10-7-3)17(4)19(22)23/h8,11,17-18,21H,5-7,9-10,12-16H2,1-4H3/p+1/b11-8+. The molecule has 0 radical (unpaired) electrons. The maximum atomic E-state index is 11.6. The molecule has 2 unspecified atom stereocenters. The number of rotatable bonds is 14. The van der Waals surface area contributed by atoms with Crippen LogP contribution in [0.2, 0.25) is 0 Å². The number of hydrogen-bond donors (Lipinski definition) is 2. The predicted molar refractivity (Wildman–Crippen MR) is 96.4 cm³/mol. The van der Waals surface area contributed by atoms with Crippen LogP contribution in [-0.4, -0.2) is 52.4 Å². The van der Waals surface area contributed by atoms with Gasteiger partial charge in [-0.25, -0.2) is 4.79 Å². The number of hydrogen-bond acceptors (Lipinski definition) is 2. The van der Waals surface area contributed by atoms with Gasteiger partial charge < -0.3 is 14.7 Å². The third kappa shape index (κ3) is 8.52. The van der Waals surface area contributed by atoms with Crippen LogP contribution < -0.4 is 0 Å². The molecule has 2 N–H and O–H groups in total. The first-order valence-corrected chi connectivity index (χ1v) is 9.35. The summed E-state index contributed by atoms with van der Waals surface area (Å²) in [4.78, 5) is 11.6. The molecule has 0 aliphatic heterocycles. The fraction of sp³-hybridized carbons (Fsp3) is 0.842. The van der Waals surface area contributed by atoms with Gasteiger partial charge in [-0.05, 0) is 39.0 Å². The van der Waals surface area contributed by atoms with Gasteiger partial charge >= 0.3 is 5.97 Å². The van der Waals surface area contributed by atoms with Crippen LogP contribution in [0.25, 0.3) is 0 Å². The summed E-state index contributed by atoms with van der Waals surface area (Å²) < 4.78 is 0.510. The van der Waals surface area contributed by atoms with Crippen LogP contribution in [-0.2, 0) is 4.79 Å². The second-order valence-electron chi connectivity index (χ2n) is 6.68. The topological polar surface area (TPSA) is 57.5 Å². The van der Waals surface area contributed by atoms with Gasteiger partial charge in [-0.15, -0.1) is 0 Å². The molecule has 0 aromatic carbocycles. The lowest BCUT2D eigenvalue weighted by Crippen LogP contribution is -2.61. The highest BCUT2D eigenvalue weighted by Crippen LogP contribution is 2.21. The highest BCUT2D eigenvalue weighted by atomic mass is 16.4. The second-order valence-corrected chi connectivity index (χ2v) is 6.68. The lowest BCUT2D eigenvalue weighted by atomic mass is 10.1. The molecule has 136 valence electrons. The number of aliphatic hydroxyl groups is 1. The summed E-state index contributed by atoms with van der Waals surface area (Å²) in [5.41, 5.74) is 0. The van der Waals surface area contributed by atoms with Gasteiger partial charge in [-0.1, -0.05) is 45.8 Å². The molecule has 0 bridgehead atoms. The summed E-state index contributed by atoms with van der Waals surface area (Å²) in [6.07, 6.45) is 10.5. The minimum Gasteiger partial charge on any atom is -0.477 e. The zero-order valence-corrected chi connectivity index (χ0v) is 15.6. The number of quaternary nitrogens is 1. The molecule has 0 fully saturated rings. The summed E-state index contributed by atoms with van der Waals surface area (Å²) in [5.74, 6) is -0.754. The molecular formula is C19H38NO3+. The van der Waals surface area contributed by atoms with Gasteiger partial charge in [0, 0.05) is 0 Å². The Morgan fingerprint density at radius 3 is 2.09 bits per heavy atom.